The van der Waals surface area contributed by atoms with Crippen molar-refractivity contribution in [3.05, 3.63) is 0 Å². The second-order valence-corrected chi connectivity index (χ2v) is 4.92. The summed E-state index contributed by atoms with van der Waals surface area (Å²) in [6.07, 6.45) is 3.51. The number of nitrogens with one attached hydrogen (secondary N) is 1. The zero-order chi connectivity index (χ0) is 10.6. The van der Waals surface area contributed by atoms with Gasteiger partial charge in [-0.05, 0) is 30.5 Å². The summed E-state index contributed by atoms with van der Waals surface area (Å²) in [5.74, 6) is 0.734. The highest BCUT2D eigenvalue weighted by molar-refractivity contribution is 8.00. The van der Waals surface area contributed by atoms with E-state index in [0.29, 0.717) is 18.5 Å². The molecule has 1 rings (SSSR count). The third-order valence-corrected chi connectivity index (χ3v) is 3.37. The molecule has 5 heteroatoms. The Labute approximate surface area is 86.8 Å². The fourth-order valence-corrected chi connectivity index (χ4v) is 2.31. The summed E-state index contributed by atoms with van der Waals surface area (Å²) >= 11 is 0.0557. The molecule has 0 radical (unpaired) electrons. The van der Waals surface area contributed by atoms with E-state index in [1.165, 1.54) is 12.8 Å². The molecule has 2 atom stereocenters. The molecule has 0 bridgehead atoms. The topological polar surface area (TPSA) is 12.0 Å². The maximum Gasteiger partial charge on any atom is 0.441 e. The lowest BCUT2D eigenvalue weighted by Gasteiger charge is -2.17. The normalized spacial score (nSPS) is 28.3. The summed E-state index contributed by atoms with van der Waals surface area (Å²) in [6.45, 7) is 2.61. The van der Waals surface area contributed by atoms with Gasteiger partial charge in [0.2, 0.25) is 0 Å². The van der Waals surface area contributed by atoms with Crippen molar-refractivity contribution in [2.75, 3.05) is 12.3 Å². The van der Waals surface area contributed by atoms with Crippen LogP contribution in [0.25, 0.3) is 0 Å². The van der Waals surface area contributed by atoms with Gasteiger partial charge in [-0.3, -0.25) is 0 Å². The first-order valence-electron chi connectivity index (χ1n) is 4.93. The largest absolute Gasteiger partial charge is 0.441 e. The van der Waals surface area contributed by atoms with Gasteiger partial charge in [0.15, 0.2) is 0 Å². The Hall–Kier alpha value is 0.100. The number of hydrogen-bond acceptors (Lipinski definition) is 2. The maximum absolute atomic E-state index is 11.8. The summed E-state index contributed by atoms with van der Waals surface area (Å²) in [6, 6.07) is 0.434. The highest BCUT2D eigenvalue weighted by Crippen LogP contribution is 2.30. The summed E-state index contributed by atoms with van der Waals surface area (Å²) in [5.41, 5.74) is -4.08. The molecule has 1 N–H and O–H groups in total. The van der Waals surface area contributed by atoms with Crippen LogP contribution in [0.15, 0.2) is 0 Å². The van der Waals surface area contributed by atoms with Gasteiger partial charge in [0, 0.05) is 18.3 Å². The smallest absolute Gasteiger partial charge is 0.313 e. The Morgan fingerprint density at radius 3 is 2.57 bits per heavy atom. The van der Waals surface area contributed by atoms with Crippen molar-refractivity contribution in [1.82, 2.24) is 5.32 Å². The fourth-order valence-electron chi connectivity index (χ4n) is 1.86. The lowest BCUT2D eigenvalue weighted by Crippen LogP contribution is -2.33. The molecule has 0 amide bonds. The molecule has 2 unspecified atom stereocenters. The Balaban J connectivity index is 2.04. The lowest BCUT2D eigenvalue weighted by atomic mass is 10.1. The second kappa shape index (κ2) is 5.26. The van der Waals surface area contributed by atoms with Gasteiger partial charge in [0.25, 0.3) is 0 Å². The zero-order valence-electron chi connectivity index (χ0n) is 8.23. The number of alkyl halides is 3. The molecule has 14 heavy (non-hydrogen) atoms. The molecule has 1 aliphatic rings. The summed E-state index contributed by atoms with van der Waals surface area (Å²) in [4.78, 5) is 0. The minimum Gasteiger partial charge on any atom is -0.313 e. The molecule has 0 saturated heterocycles. The molecule has 1 fully saturated rings. The fraction of sp³-hybridized carbons (Fsp3) is 1.00. The Bertz CT molecular complexity index is 172. The molecule has 1 nitrogen and oxygen atoms in total. The van der Waals surface area contributed by atoms with Crippen molar-refractivity contribution >= 4 is 11.8 Å². The van der Waals surface area contributed by atoms with Gasteiger partial charge in [-0.1, -0.05) is 13.3 Å². The lowest BCUT2D eigenvalue weighted by molar-refractivity contribution is -0.0327. The van der Waals surface area contributed by atoms with Crippen molar-refractivity contribution in [2.24, 2.45) is 5.92 Å². The summed E-state index contributed by atoms with van der Waals surface area (Å²) < 4.78 is 35.3. The van der Waals surface area contributed by atoms with Crippen LogP contribution in [-0.4, -0.2) is 23.8 Å². The maximum atomic E-state index is 11.8. The predicted molar refractivity (Wildman–Crippen MR) is 53.3 cm³/mol. The summed E-state index contributed by atoms with van der Waals surface area (Å²) in [7, 11) is 0. The Morgan fingerprint density at radius 2 is 2.07 bits per heavy atom. The minimum atomic E-state index is -4.08. The standard InChI is InChI=1S/C9H16F3NS/c1-7-3-2-4-8(7)13-5-6-14-9(10,11)12/h7-8,13H,2-6H2,1H3. The first-order chi connectivity index (χ1) is 6.49. The van der Waals surface area contributed by atoms with Gasteiger partial charge in [0.1, 0.15) is 0 Å². The molecule has 0 spiro atoms. The Morgan fingerprint density at radius 1 is 1.36 bits per heavy atom. The molecule has 0 aromatic carbocycles. The van der Waals surface area contributed by atoms with Crippen LogP contribution in [0.5, 0.6) is 0 Å². The van der Waals surface area contributed by atoms with E-state index in [4.69, 9.17) is 0 Å². The van der Waals surface area contributed by atoms with Crippen LogP contribution in [0.1, 0.15) is 26.2 Å². The van der Waals surface area contributed by atoms with Crippen molar-refractivity contribution < 1.29 is 13.2 Å². The molecule has 0 aromatic rings. The van der Waals surface area contributed by atoms with E-state index in [9.17, 15) is 13.2 Å². The van der Waals surface area contributed by atoms with Gasteiger partial charge in [-0.15, -0.1) is 0 Å². The SMILES string of the molecule is CC1CCCC1NCCSC(F)(F)F. The van der Waals surface area contributed by atoms with Crippen molar-refractivity contribution in [3.8, 4) is 0 Å². The van der Waals surface area contributed by atoms with Crippen LogP contribution in [-0.2, 0) is 0 Å². The Kier molecular flexibility index (Phi) is 4.57. The number of thioether (sulfide) groups is 1. The quantitative estimate of drug-likeness (QED) is 0.741. The van der Waals surface area contributed by atoms with Crippen molar-refractivity contribution in [2.45, 2.75) is 37.7 Å². The van der Waals surface area contributed by atoms with E-state index >= 15 is 0 Å². The highest BCUT2D eigenvalue weighted by Gasteiger charge is 2.28. The highest BCUT2D eigenvalue weighted by atomic mass is 32.2. The third kappa shape index (κ3) is 4.55. The van der Waals surface area contributed by atoms with Gasteiger partial charge in [-0.25, -0.2) is 0 Å². The van der Waals surface area contributed by atoms with E-state index in [0.717, 1.165) is 6.42 Å². The minimum absolute atomic E-state index is 0.0557. The molecule has 0 aliphatic heterocycles. The van der Waals surface area contributed by atoms with Crippen LogP contribution in [0.3, 0.4) is 0 Å². The predicted octanol–water partition coefficient (Wildman–Crippen LogP) is 3.02. The van der Waals surface area contributed by atoms with Crippen LogP contribution in [0.4, 0.5) is 13.2 Å². The first-order valence-corrected chi connectivity index (χ1v) is 5.91. The molecular formula is C9H16F3NS. The van der Waals surface area contributed by atoms with Crippen LogP contribution in [0.2, 0.25) is 0 Å². The van der Waals surface area contributed by atoms with E-state index in [-0.39, 0.29) is 17.5 Å². The molecule has 0 heterocycles. The van der Waals surface area contributed by atoms with Gasteiger partial charge < -0.3 is 5.32 Å². The number of hydrogen-bond donors (Lipinski definition) is 1. The first kappa shape index (κ1) is 12.2. The van der Waals surface area contributed by atoms with Crippen LogP contribution < -0.4 is 5.32 Å². The molecule has 0 aromatic heterocycles. The third-order valence-electron chi connectivity index (χ3n) is 2.64. The molecule has 84 valence electrons. The number of rotatable bonds is 4. The van der Waals surface area contributed by atoms with E-state index in [1.54, 1.807) is 0 Å². The average molecular weight is 227 g/mol. The van der Waals surface area contributed by atoms with Gasteiger partial charge in [0.05, 0.1) is 0 Å². The van der Waals surface area contributed by atoms with Gasteiger partial charge >= 0.3 is 5.51 Å². The average Bonchev–Trinajstić information content (AvgIpc) is 2.44. The molecular weight excluding hydrogens is 211 g/mol. The monoisotopic (exact) mass is 227 g/mol. The second-order valence-electron chi connectivity index (χ2n) is 3.76. The summed E-state index contributed by atoms with van der Waals surface area (Å²) in [5, 5.41) is 3.18. The van der Waals surface area contributed by atoms with E-state index in [2.05, 4.69) is 12.2 Å². The van der Waals surface area contributed by atoms with Crippen LogP contribution >= 0.6 is 11.8 Å². The van der Waals surface area contributed by atoms with Gasteiger partial charge in [-0.2, -0.15) is 13.2 Å². The molecule has 1 saturated carbocycles. The molecule has 1 aliphatic carbocycles. The zero-order valence-corrected chi connectivity index (χ0v) is 9.05. The number of halogens is 3. The van der Waals surface area contributed by atoms with Crippen molar-refractivity contribution in [3.63, 3.8) is 0 Å². The van der Waals surface area contributed by atoms with Crippen LogP contribution in [0, 0.1) is 5.92 Å². The van der Waals surface area contributed by atoms with E-state index in [1.807, 2.05) is 0 Å². The van der Waals surface area contributed by atoms with Crippen molar-refractivity contribution in [1.29, 1.82) is 0 Å². The van der Waals surface area contributed by atoms with E-state index < -0.39 is 5.51 Å².